The molecule has 0 atom stereocenters. The number of rotatable bonds is 6. The Bertz CT molecular complexity index is 364. The summed E-state index contributed by atoms with van der Waals surface area (Å²) in [5.41, 5.74) is 0.537. The van der Waals surface area contributed by atoms with Crippen LogP contribution in [0.1, 0.15) is 10.4 Å². The predicted molar refractivity (Wildman–Crippen MR) is 57.0 cm³/mol. The number of aliphatic carboxylic acids is 1. The minimum Gasteiger partial charge on any atom is -0.480 e. The van der Waals surface area contributed by atoms with E-state index in [1.165, 1.54) is 7.11 Å². The summed E-state index contributed by atoms with van der Waals surface area (Å²) < 4.78 is 0. The Hall–Kier alpha value is -1.72. The molecule has 0 amide bonds. The van der Waals surface area contributed by atoms with E-state index >= 15 is 0 Å². The summed E-state index contributed by atoms with van der Waals surface area (Å²) in [5.74, 6) is -1.22. The fourth-order valence-electron chi connectivity index (χ4n) is 1.21. The van der Waals surface area contributed by atoms with Crippen molar-refractivity contribution in [3.05, 3.63) is 35.9 Å². The van der Waals surface area contributed by atoms with Crippen LogP contribution in [0.15, 0.2) is 30.3 Å². The van der Waals surface area contributed by atoms with Gasteiger partial charge in [-0.3, -0.25) is 9.59 Å². The molecule has 5 nitrogen and oxygen atoms in total. The maximum absolute atomic E-state index is 11.7. The standard InChI is InChI=1S/C11H13NO4/c1-16-12(8-11(14)15)7-10(13)9-5-3-2-4-6-9/h2-6H,7-8H2,1H3,(H,14,15). The summed E-state index contributed by atoms with van der Waals surface area (Å²) in [6.45, 7) is -0.401. The second kappa shape index (κ2) is 5.99. The number of carbonyl (C=O) groups excluding carboxylic acids is 1. The number of Topliss-reactive ketones (excluding diaryl/α,β-unsaturated/α-hetero) is 1. The first kappa shape index (κ1) is 12.4. The third-order valence-corrected chi connectivity index (χ3v) is 1.99. The Morgan fingerprint density at radius 2 is 1.88 bits per heavy atom. The van der Waals surface area contributed by atoms with Gasteiger partial charge in [-0.15, -0.1) is 0 Å². The highest BCUT2D eigenvalue weighted by molar-refractivity contribution is 5.97. The number of carbonyl (C=O) groups is 2. The Labute approximate surface area is 93.2 Å². The molecule has 86 valence electrons. The van der Waals surface area contributed by atoms with Crippen LogP contribution in [-0.4, -0.2) is 42.1 Å². The van der Waals surface area contributed by atoms with Crippen LogP contribution in [0.25, 0.3) is 0 Å². The molecule has 0 aliphatic rings. The summed E-state index contributed by atoms with van der Waals surface area (Å²) in [5, 5.41) is 9.66. The van der Waals surface area contributed by atoms with Gasteiger partial charge in [0.05, 0.1) is 13.7 Å². The normalized spacial score (nSPS) is 10.4. The highest BCUT2D eigenvalue weighted by Crippen LogP contribution is 2.01. The van der Waals surface area contributed by atoms with Crippen LogP contribution in [0.3, 0.4) is 0 Å². The van der Waals surface area contributed by atoms with Crippen LogP contribution in [0.5, 0.6) is 0 Å². The number of carboxylic acid groups (broad SMARTS) is 1. The molecule has 0 fully saturated rings. The fraction of sp³-hybridized carbons (Fsp3) is 0.273. The van der Waals surface area contributed by atoms with Crippen molar-refractivity contribution in [3.8, 4) is 0 Å². The molecule has 0 heterocycles. The largest absolute Gasteiger partial charge is 0.480 e. The van der Waals surface area contributed by atoms with Gasteiger partial charge in [0, 0.05) is 5.56 Å². The van der Waals surface area contributed by atoms with Crippen LogP contribution < -0.4 is 0 Å². The van der Waals surface area contributed by atoms with Gasteiger partial charge in [-0.05, 0) is 0 Å². The topological polar surface area (TPSA) is 66.8 Å². The molecule has 5 heteroatoms. The van der Waals surface area contributed by atoms with Gasteiger partial charge in [0.2, 0.25) is 0 Å². The Morgan fingerprint density at radius 1 is 1.25 bits per heavy atom. The smallest absolute Gasteiger partial charge is 0.320 e. The van der Waals surface area contributed by atoms with Crippen LogP contribution in [0, 0.1) is 0 Å². The van der Waals surface area contributed by atoms with Crippen LogP contribution in [0.2, 0.25) is 0 Å². The van der Waals surface area contributed by atoms with Gasteiger partial charge in [-0.2, -0.15) is 5.06 Å². The van der Waals surface area contributed by atoms with Gasteiger partial charge in [0.15, 0.2) is 5.78 Å². The van der Waals surface area contributed by atoms with Crippen LogP contribution in [0.4, 0.5) is 0 Å². The molecule has 1 rings (SSSR count). The van der Waals surface area contributed by atoms with Crippen molar-refractivity contribution in [2.24, 2.45) is 0 Å². The van der Waals surface area contributed by atoms with Crippen LogP contribution >= 0.6 is 0 Å². The van der Waals surface area contributed by atoms with E-state index < -0.39 is 5.97 Å². The highest BCUT2D eigenvalue weighted by Gasteiger charge is 2.14. The molecular formula is C11H13NO4. The average Bonchev–Trinajstić information content (AvgIpc) is 2.28. The fourth-order valence-corrected chi connectivity index (χ4v) is 1.21. The lowest BCUT2D eigenvalue weighted by Crippen LogP contribution is -2.33. The van der Waals surface area contributed by atoms with Gasteiger partial charge < -0.3 is 9.94 Å². The van der Waals surface area contributed by atoms with Gasteiger partial charge in [-0.1, -0.05) is 30.3 Å². The third-order valence-electron chi connectivity index (χ3n) is 1.99. The van der Waals surface area contributed by atoms with Crippen molar-refractivity contribution < 1.29 is 19.5 Å². The van der Waals surface area contributed by atoms with E-state index in [-0.39, 0.29) is 18.9 Å². The molecule has 0 aliphatic heterocycles. The van der Waals surface area contributed by atoms with Crippen LogP contribution in [-0.2, 0) is 9.63 Å². The summed E-state index contributed by atoms with van der Waals surface area (Å²) in [7, 11) is 1.33. The number of nitrogens with zero attached hydrogens (tertiary/aromatic N) is 1. The van der Waals surface area contributed by atoms with Crippen molar-refractivity contribution >= 4 is 11.8 Å². The molecular weight excluding hydrogens is 210 g/mol. The first-order valence-corrected chi connectivity index (χ1v) is 4.72. The quantitative estimate of drug-likeness (QED) is 0.571. The number of hydrogen-bond acceptors (Lipinski definition) is 4. The predicted octanol–water partition coefficient (Wildman–Crippen LogP) is 0.817. The van der Waals surface area contributed by atoms with Gasteiger partial charge >= 0.3 is 5.97 Å². The molecule has 1 aromatic carbocycles. The lowest BCUT2D eigenvalue weighted by molar-refractivity contribution is -0.160. The number of hydroxylamine groups is 2. The van der Waals surface area contributed by atoms with E-state index in [1.54, 1.807) is 24.3 Å². The molecule has 0 saturated heterocycles. The van der Waals surface area contributed by atoms with E-state index in [9.17, 15) is 9.59 Å². The van der Waals surface area contributed by atoms with E-state index in [1.807, 2.05) is 6.07 Å². The summed E-state index contributed by atoms with van der Waals surface area (Å²) in [4.78, 5) is 26.9. The molecule has 1 aromatic rings. The van der Waals surface area contributed by atoms with Gasteiger partial charge in [0.25, 0.3) is 0 Å². The molecule has 16 heavy (non-hydrogen) atoms. The highest BCUT2D eigenvalue weighted by atomic mass is 16.7. The lowest BCUT2D eigenvalue weighted by atomic mass is 10.1. The number of benzene rings is 1. The SMILES string of the molecule is CON(CC(=O)O)CC(=O)c1ccccc1. The third kappa shape index (κ3) is 3.80. The lowest BCUT2D eigenvalue weighted by Gasteiger charge is -2.15. The Kier molecular flexibility index (Phi) is 4.63. The van der Waals surface area contributed by atoms with Crippen molar-refractivity contribution in [2.75, 3.05) is 20.2 Å². The second-order valence-electron chi connectivity index (χ2n) is 3.16. The molecule has 0 radical (unpaired) electrons. The first-order valence-electron chi connectivity index (χ1n) is 4.72. The van der Waals surface area contributed by atoms with Crippen molar-refractivity contribution in [1.29, 1.82) is 0 Å². The second-order valence-corrected chi connectivity index (χ2v) is 3.16. The molecule has 0 spiro atoms. The molecule has 0 aliphatic carbocycles. The first-order chi connectivity index (χ1) is 7.63. The van der Waals surface area contributed by atoms with E-state index in [0.717, 1.165) is 5.06 Å². The molecule has 1 N–H and O–H groups in total. The minimum atomic E-state index is -1.04. The molecule has 0 unspecified atom stereocenters. The summed E-state index contributed by atoms with van der Waals surface area (Å²) in [6.07, 6.45) is 0. The maximum atomic E-state index is 11.7. The average molecular weight is 223 g/mol. The zero-order valence-corrected chi connectivity index (χ0v) is 8.92. The van der Waals surface area contributed by atoms with E-state index in [4.69, 9.17) is 9.94 Å². The summed E-state index contributed by atoms with van der Waals surface area (Å²) >= 11 is 0. The summed E-state index contributed by atoms with van der Waals surface area (Å²) in [6, 6.07) is 8.67. The van der Waals surface area contributed by atoms with Crippen molar-refractivity contribution in [1.82, 2.24) is 5.06 Å². The number of hydrogen-bond donors (Lipinski definition) is 1. The van der Waals surface area contributed by atoms with Gasteiger partial charge in [-0.25, -0.2) is 0 Å². The Morgan fingerprint density at radius 3 is 2.38 bits per heavy atom. The van der Waals surface area contributed by atoms with Crippen molar-refractivity contribution in [3.63, 3.8) is 0 Å². The molecule has 0 bridgehead atoms. The zero-order chi connectivity index (χ0) is 12.0. The maximum Gasteiger partial charge on any atom is 0.320 e. The van der Waals surface area contributed by atoms with Gasteiger partial charge in [0.1, 0.15) is 6.54 Å². The molecule has 0 saturated carbocycles. The number of carboxylic acids is 1. The van der Waals surface area contributed by atoms with E-state index in [0.29, 0.717) is 5.56 Å². The molecule has 0 aromatic heterocycles. The monoisotopic (exact) mass is 223 g/mol. The minimum absolute atomic E-state index is 0.0766. The Balaban J connectivity index is 2.59. The van der Waals surface area contributed by atoms with E-state index in [2.05, 4.69) is 0 Å². The van der Waals surface area contributed by atoms with Crippen molar-refractivity contribution in [2.45, 2.75) is 0 Å². The number of ketones is 1. The zero-order valence-electron chi connectivity index (χ0n) is 8.92.